The molecule has 0 unspecified atom stereocenters. The van der Waals surface area contributed by atoms with Gasteiger partial charge in [0.1, 0.15) is 0 Å². The van der Waals surface area contributed by atoms with E-state index in [9.17, 15) is 0 Å². The van der Waals surface area contributed by atoms with Crippen molar-refractivity contribution < 1.29 is 0 Å². The molecule has 0 atom stereocenters. The average Bonchev–Trinajstić information content (AvgIpc) is 3.76. The van der Waals surface area contributed by atoms with Crippen LogP contribution in [0.2, 0.25) is 0 Å². The van der Waals surface area contributed by atoms with Crippen LogP contribution in [0, 0.1) is 0 Å². The molecule has 0 bridgehead atoms. The van der Waals surface area contributed by atoms with Crippen LogP contribution in [0.1, 0.15) is 0 Å². The monoisotopic (exact) mass is 686 g/mol. The van der Waals surface area contributed by atoms with E-state index in [1.807, 2.05) is 0 Å². The Kier molecular flexibility index (Phi) is 6.90. The molecule has 0 amide bonds. The Bertz CT molecular complexity index is 3200. The van der Waals surface area contributed by atoms with E-state index in [0.717, 1.165) is 5.69 Å². The molecule has 0 aliphatic rings. The summed E-state index contributed by atoms with van der Waals surface area (Å²) in [5.74, 6) is 0. The summed E-state index contributed by atoms with van der Waals surface area (Å²) in [6.45, 7) is 0. The highest BCUT2D eigenvalue weighted by Gasteiger charge is 2.17. The van der Waals surface area contributed by atoms with Crippen LogP contribution in [0.3, 0.4) is 0 Å². The van der Waals surface area contributed by atoms with Gasteiger partial charge in [0.15, 0.2) is 0 Å². The van der Waals surface area contributed by atoms with Crippen molar-refractivity contribution in [1.29, 1.82) is 0 Å². The Labute approximate surface area is 313 Å². The molecule has 0 saturated heterocycles. The Morgan fingerprint density at radius 3 is 1.43 bits per heavy atom. The van der Waals surface area contributed by atoms with E-state index in [-0.39, 0.29) is 0 Å². The third kappa shape index (κ3) is 4.81. The van der Waals surface area contributed by atoms with Crippen LogP contribution >= 0.6 is 0 Å². The van der Waals surface area contributed by atoms with Gasteiger partial charge in [0.05, 0.1) is 22.1 Å². The third-order valence-corrected chi connectivity index (χ3v) is 11.1. The van der Waals surface area contributed by atoms with Crippen molar-refractivity contribution in [3.63, 3.8) is 0 Å². The number of para-hydroxylation sites is 4. The van der Waals surface area contributed by atoms with Gasteiger partial charge in [-0.2, -0.15) is 0 Å². The van der Waals surface area contributed by atoms with Crippen LogP contribution < -0.4 is 0 Å². The zero-order chi connectivity index (χ0) is 35.6. The summed E-state index contributed by atoms with van der Waals surface area (Å²) >= 11 is 0. The Morgan fingerprint density at radius 2 is 0.722 bits per heavy atom. The standard InChI is InChI=1S/C52H34N2/c1-3-16-41(17-4-1)53-50-25-12-10-22-46(50)48-33-36(27-29-51(48)53)38-30-39(32-40(31-38)44-23-13-15-35-14-7-8-20-43(35)44)37-26-28-47-45-21-9-11-24-49(45)54(52(47)34-37)42-18-5-2-6-19-42/h1-34H. The lowest BCUT2D eigenvalue weighted by molar-refractivity contribution is 1.18. The van der Waals surface area contributed by atoms with Crippen molar-refractivity contribution in [2.45, 2.75) is 0 Å². The number of fused-ring (bicyclic) bond motifs is 7. The van der Waals surface area contributed by atoms with E-state index < -0.39 is 0 Å². The molecule has 0 radical (unpaired) electrons. The zero-order valence-electron chi connectivity index (χ0n) is 29.5. The summed E-state index contributed by atoms with van der Waals surface area (Å²) in [5.41, 5.74) is 14.4. The highest BCUT2D eigenvalue weighted by molar-refractivity contribution is 6.12. The fourth-order valence-electron chi connectivity index (χ4n) is 8.61. The Morgan fingerprint density at radius 1 is 0.241 bits per heavy atom. The molecular weight excluding hydrogens is 653 g/mol. The van der Waals surface area contributed by atoms with E-state index in [1.54, 1.807) is 0 Å². The number of hydrogen-bond acceptors (Lipinski definition) is 0. The predicted molar refractivity (Wildman–Crippen MR) is 229 cm³/mol. The van der Waals surface area contributed by atoms with Crippen LogP contribution in [0.5, 0.6) is 0 Å². The molecule has 2 aromatic heterocycles. The average molecular weight is 687 g/mol. The van der Waals surface area contributed by atoms with E-state index in [4.69, 9.17) is 0 Å². The molecule has 11 rings (SSSR count). The molecule has 11 aromatic rings. The predicted octanol–water partition coefficient (Wildman–Crippen LogP) is 14.0. The normalized spacial score (nSPS) is 11.7. The molecule has 2 heterocycles. The van der Waals surface area contributed by atoms with Crippen molar-refractivity contribution in [2.75, 3.05) is 0 Å². The maximum absolute atomic E-state index is 2.40. The lowest BCUT2D eigenvalue weighted by atomic mass is 9.90. The quantitative estimate of drug-likeness (QED) is 0.171. The van der Waals surface area contributed by atoms with Crippen molar-refractivity contribution >= 4 is 54.4 Å². The number of rotatable bonds is 5. The largest absolute Gasteiger partial charge is 0.309 e. The van der Waals surface area contributed by atoms with Crippen molar-refractivity contribution in [3.8, 4) is 44.8 Å². The fourth-order valence-corrected chi connectivity index (χ4v) is 8.61. The van der Waals surface area contributed by atoms with Crippen LogP contribution in [0.25, 0.3) is 99.1 Å². The SMILES string of the molecule is c1ccc(-n2c3ccccc3c3cc(-c4cc(-c5ccc6c7ccccc7n(-c7ccccc7)c6c5)cc(-c5cccc6ccccc56)c4)ccc32)cc1. The molecule has 0 fully saturated rings. The van der Waals surface area contributed by atoms with Gasteiger partial charge < -0.3 is 9.13 Å². The number of nitrogens with zero attached hydrogens (tertiary/aromatic N) is 2. The van der Waals surface area contributed by atoms with Gasteiger partial charge in [-0.25, -0.2) is 0 Å². The number of benzene rings is 9. The van der Waals surface area contributed by atoms with Crippen molar-refractivity contribution in [2.24, 2.45) is 0 Å². The maximum atomic E-state index is 2.40. The molecule has 0 aliphatic carbocycles. The van der Waals surface area contributed by atoms with Gasteiger partial charge in [-0.05, 0) is 117 Å². The summed E-state index contributed by atoms with van der Waals surface area (Å²) in [4.78, 5) is 0. The van der Waals surface area contributed by atoms with Gasteiger partial charge in [-0.15, -0.1) is 0 Å². The summed E-state index contributed by atoms with van der Waals surface area (Å²) in [5, 5.41) is 7.51. The van der Waals surface area contributed by atoms with Crippen molar-refractivity contribution in [3.05, 3.63) is 206 Å². The van der Waals surface area contributed by atoms with Gasteiger partial charge >= 0.3 is 0 Å². The molecular formula is C52H34N2. The molecule has 0 spiro atoms. The molecule has 9 aromatic carbocycles. The number of hydrogen-bond donors (Lipinski definition) is 0. The Hall–Kier alpha value is -7.16. The van der Waals surface area contributed by atoms with Gasteiger partial charge in [0.25, 0.3) is 0 Å². The minimum Gasteiger partial charge on any atom is -0.309 e. The first kappa shape index (κ1) is 30.5. The van der Waals surface area contributed by atoms with Crippen LogP contribution in [-0.4, -0.2) is 9.13 Å². The second kappa shape index (κ2) is 12.2. The lowest BCUT2D eigenvalue weighted by Gasteiger charge is -2.14. The molecule has 0 N–H and O–H groups in total. The third-order valence-electron chi connectivity index (χ3n) is 11.1. The minimum absolute atomic E-state index is 1.16. The van der Waals surface area contributed by atoms with Crippen LogP contribution in [-0.2, 0) is 0 Å². The molecule has 0 saturated carbocycles. The second-order valence-electron chi connectivity index (χ2n) is 14.2. The number of aromatic nitrogens is 2. The smallest absolute Gasteiger partial charge is 0.0547 e. The van der Waals surface area contributed by atoms with Crippen molar-refractivity contribution in [1.82, 2.24) is 9.13 Å². The molecule has 2 nitrogen and oxygen atoms in total. The summed E-state index contributed by atoms with van der Waals surface area (Å²) in [7, 11) is 0. The van der Waals surface area contributed by atoms with Crippen LogP contribution in [0.15, 0.2) is 206 Å². The Balaban J connectivity index is 1.16. The minimum atomic E-state index is 1.16. The zero-order valence-corrected chi connectivity index (χ0v) is 29.5. The van der Waals surface area contributed by atoms with E-state index >= 15 is 0 Å². The lowest BCUT2D eigenvalue weighted by Crippen LogP contribution is -1.93. The topological polar surface area (TPSA) is 9.86 Å². The summed E-state index contributed by atoms with van der Waals surface area (Å²) < 4.78 is 4.79. The van der Waals surface area contributed by atoms with E-state index in [1.165, 1.54) is 93.5 Å². The molecule has 54 heavy (non-hydrogen) atoms. The molecule has 252 valence electrons. The first-order valence-electron chi connectivity index (χ1n) is 18.6. The van der Waals surface area contributed by atoms with Crippen LogP contribution in [0.4, 0.5) is 0 Å². The summed E-state index contributed by atoms with van der Waals surface area (Å²) in [6.07, 6.45) is 0. The molecule has 0 aliphatic heterocycles. The first-order chi connectivity index (χ1) is 26.8. The van der Waals surface area contributed by atoms with Gasteiger partial charge in [-0.1, -0.05) is 133 Å². The van der Waals surface area contributed by atoms with Gasteiger partial charge in [0.2, 0.25) is 0 Å². The fraction of sp³-hybridized carbons (Fsp3) is 0. The van der Waals surface area contributed by atoms with E-state index in [0.29, 0.717) is 0 Å². The van der Waals surface area contributed by atoms with Gasteiger partial charge in [-0.3, -0.25) is 0 Å². The highest BCUT2D eigenvalue weighted by Crippen LogP contribution is 2.41. The van der Waals surface area contributed by atoms with Gasteiger partial charge in [0, 0.05) is 32.9 Å². The maximum Gasteiger partial charge on any atom is 0.0547 e. The highest BCUT2D eigenvalue weighted by atomic mass is 15.0. The first-order valence-corrected chi connectivity index (χ1v) is 18.6. The molecule has 2 heteroatoms. The summed E-state index contributed by atoms with van der Waals surface area (Å²) in [6, 6.07) is 75.3. The van der Waals surface area contributed by atoms with E-state index in [2.05, 4.69) is 215 Å². The second-order valence-corrected chi connectivity index (χ2v) is 14.2.